The minimum atomic E-state index is -0.135. The number of thiophene rings is 1. The molecule has 0 radical (unpaired) electrons. The Bertz CT molecular complexity index is 472. The average molecular weight is 313 g/mol. The van der Waals surface area contributed by atoms with Crippen LogP contribution in [-0.2, 0) is 0 Å². The van der Waals surface area contributed by atoms with Gasteiger partial charge in [0.15, 0.2) is 5.75 Å². The average Bonchev–Trinajstić information content (AvgIpc) is 2.73. The number of unbranched alkanes of at least 4 members (excludes halogenated alkanes) is 1. The van der Waals surface area contributed by atoms with Crippen molar-refractivity contribution in [2.24, 2.45) is 0 Å². The van der Waals surface area contributed by atoms with Crippen LogP contribution in [0, 0.1) is 0 Å². The van der Waals surface area contributed by atoms with E-state index in [0.29, 0.717) is 22.9 Å². The van der Waals surface area contributed by atoms with Crippen molar-refractivity contribution in [3.63, 3.8) is 0 Å². The highest BCUT2D eigenvalue weighted by Gasteiger charge is 2.24. The molecule has 0 bridgehead atoms. The van der Waals surface area contributed by atoms with Crippen LogP contribution in [0.2, 0.25) is 0 Å². The largest absolute Gasteiger partial charge is 0.486 e. The van der Waals surface area contributed by atoms with Crippen LogP contribution in [-0.4, -0.2) is 32.1 Å². The minimum absolute atomic E-state index is 0.0160. The second-order valence-electron chi connectivity index (χ2n) is 5.28. The zero-order valence-electron chi connectivity index (χ0n) is 13.7. The van der Waals surface area contributed by atoms with E-state index in [1.54, 1.807) is 0 Å². The maximum Gasteiger partial charge on any atom is 0.263 e. The normalized spacial score (nSPS) is 10.8. The molecule has 1 aromatic rings. The fourth-order valence-corrected chi connectivity index (χ4v) is 2.98. The third-order valence-corrected chi connectivity index (χ3v) is 4.27. The van der Waals surface area contributed by atoms with Crippen molar-refractivity contribution in [1.82, 2.24) is 5.32 Å². The van der Waals surface area contributed by atoms with Gasteiger partial charge in [0.05, 0.1) is 6.10 Å². The van der Waals surface area contributed by atoms with Crippen LogP contribution in [0.25, 0.3) is 0 Å². The topological polar surface area (TPSA) is 67.6 Å². The molecule has 5 nitrogen and oxygen atoms in total. The summed E-state index contributed by atoms with van der Waals surface area (Å²) in [6, 6.07) is 0. The summed E-state index contributed by atoms with van der Waals surface area (Å²) < 4.78 is 5.85. The molecular formula is C15H27N3O2S. The van der Waals surface area contributed by atoms with E-state index in [1.807, 2.05) is 27.8 Å². The molecule has 0 unspecified atom stereocenters. The molecule has 120 valence electrons. The summed E-state index contributed by atoms with van der Waals surface area (Å²) >= 11 is 1.40. The Balaban J connectivity index is 3.14. The molecule has 6 heteroatoms. The van der Waals surface area contributed by atoms with Crippen molar-refractivity contribution >= 4 is 27.9 Å². The van der Waals surface area contributed by atoms with E-state index in [-0.39, 0.29) is 12.0 Å². The number of nitrogens with two attached hydrogens (primary N) is 1. The molecule has 0 spiro atoms. The van der Waals surface area contributed by atoms with Crippen LogP contribution in [0.5, 0.6) is 5.75 Å². The molecule has 0 aliphatic heterocycles. The Kier molecular flexibility index (Phi) is 6.81. The number of carbonyl (C=O) groups is 1. The van der Waals surface area contributed by atoms with Gasteiger partial charge in [0.1, 0.15) is 15.6 Å². The smallest absolute Gasteiger partial charge is 0.263 e. The Morgan fingerprint density at radius 3 is 2.62 bits per heavy atom. The van der Waals surface area contributed by atoms with Gasteiger partial charge in [-0.05, 0) is 27.2 Å². The number of nitrogens with zero attached hydrogens (tertiary/aromatic N) is 1. The lowest BCUT2D eigenvalue weighted by atomic mass is 10.3. The number of nitrogen functional groups attached to an aromatic ring is 1. The summed E-state index contributed by atoms with van der Waals surface area (Å²) in [5.41, 5.74) is 6.59. The van der Waals surface area contributed by atoms with Crippen LogP contribution in [0.3, 0.4) is 0 Å². The molecular weight excluding hydrogens is 286 g/mol. The quantitative estimate of drug-likeness (QED) is 0.774. The molecule has 21 heavy (non-hydrogen) atoms. The standard InChI is InChI=1S/C15H27N3O2S/c1-6-8-9-18(5)15-12(20-10(3)4)11(16)13(21-15)14(19)17-7-2/h10H,6-9,16H2,1-5H3,(H,17,19). The van der Waals surface area contributed by atoms with Crippen molar-refractivity contribution in [2.75, 3.05) is 30.8 Å². The molecule has 1 aromatic heterocycles. The van der Waals surface area contributed by atoms with Gasteiger partial charge in [-0.2, -0.15) is 0 Å². The van der Waals surface area contributed by atoms with Gasteiger partial charge < -0.3 is 20.7 Å². The van der Waals surface area contributed by atoms with E-state index in [4.69, 9.17) is 10.5 Å². The summed E-state index contributed by atoms with van der Waals surface area (Å²) in [7, 11) is 2.01. The second-order valence-corrected chi connectivity index (χ2v) is 6.28. The summed E-state index contributed by atoms with van der Waals surface area (Å²) in [5.74, 6) is 0.499. The fraction of sp³-hybridized carbons (Fsp3) is 0.667. The molecule has 1 heterocycles. The van der Waals surface area contributed by atoms with Gasteiger partial charge >= 0.3 is 0 Å². The Labute approximate surface area is 131 Å². The molecule has 3 N–H and O–H groups in total. The summed E-state index contributed by atoms with van der Waals surface area (Å²) in [5, 5.41) is 3.72. The highest BCUT2D eigenvalue weighted by Crippen LogP contribution is 2.45. The predicted molar refractivity (Wildman–Crippen MR) is 90.7 cm³/mol. The lowest BCUT2D eigenvalue weighted by Gasteiger charge is -2.20. The minimum Gasteiger partial charge on any atom is -0.486 e. The molecule has 1 rings (SSSR count). The van der Waals surface area contributed by atoms with Crippen molar-refractivity contribution in [2.45, 2.75) is 46.6 Å². The monoisotopic (exact) mass is 313 g/mol. The first-order valence-corrected chi connectivity index (χ1v) is 8.32. The first-order valence-electron chi connectivity index (χ1n) is 7.50. The molecule has 0 fully saturated rings. The maximum absolute atomic E-state index is 12.1. The Morgan fingerprint density at radius 1 is 1.43 bits per heavy atom. The van der Waals surface area contributed by atoms with Gasteiger partial charge in [-0.1, -0.05) is 13.3 Å². The van der Waals surface area contributed by atoms with Gasteiger partial charge in [0.2, 0.25) is 0 Å². The zero-order chi connectivity index (χ0) is 16.0. The Hall–Kier alpha value is -1.43. The van der Waals surface area contributed by atoms with Crippen LogP contribution < -0.4 is 20.7 Å². The molecule has 0 saturated heterocycles. The highest BCUT2D eigenvalue weighted by atomic mass is 32.1. The van der Waals surface area contributed by atoms with Crippen LogP contribution in [0.4, 0.5) is 10.7 Å². The van der Waals surface area contributed by atoms with E-state index >= 15 is 0 Å². The van der Waals surface area contributed by atoms with E-state index in [9.17, 15) is 4.79 Å². The van der Waals surface area contributed by atoms with E-state index in [2.05, 4.69) is 17.1 Å². The number of rotatable bonds is 8. The Morgan fingerprint density at radius 2 is 2.10 bits per heavy atom. The SMILES string of the molecule is CCCCN(C)c1sc(C(=O)NCC)c(N)c1OC(C)C. The molecule has 0 aliphatic rings. The van der Waals surface area contributed by atoms with Crippen LogP contribution >= 0.6 is 11.3 Å². The fourth-order valence-electron chi connectivity index (χ4n) is 1.92. The van der Waals surface area contributed by atoms with Gasteiger partial charge in [-0.15, -0.1) is 11.3 Å². The molecule has 0 atom stereocenters. The van der Waals surface area contributed by atoms with Gasteiger partial charge in [-0.25, -0.2) is 0 Å². The number of nitrogens with one attached hydrogen (secondary N) is 1. The van der Waals surface area contributed by atoms with Crippen molar-refractivity contribution in [3.05, 3.63) is 4.88 Å². The lowest BCUT2D eigenvalue weighted by Crippen LogP contribution is -2.22. The van der Waals surface area contributed by atoms with Crippen LogP contribution in [0.1, 0.15) is 50.2 Å². The number of ether oxygens (including phenoxy) is 1. The number of amides is 1. The number of carbonyl (C=O) groups excluding carboxylic acids is 1. The van der Waals surface area contributed by atoms with E-state index in [1.165, 1.54) is 11.3 Å². The lowest BCUT2D eigenvalue weighted by molar-refractivity contribution is 0.0960. The van der Waals surface area contributed by atoms with Crippen molar-refractivity contribution in [3.8, 4) is 5.75 Å². The number of anilines is 2. The molecule has 0 aromatic carbocycles. The third kappa shape index (κ3) is 4.52. The summed E-state index contributed by atoms with van der Waals surface area (Å²) in [4.78, 5) is 14.7. The number of hydrogen-bond donors (Lipinski definition) is 2. The third-order valence-electron chi connectivity index (χ3n) is 2.97. The first-order chi connectivity index (χ1) is 9.92. The maximum atomic E-state index is 12.1. The van der Waals surface area contributed by atoms with Crippen molar-refractivity contribution in [1.29, 1.82) is 0 Å². The second kappa shape index (κ2) is 8.12. The van der Waals surface area contributed by atoms with Crippen molar-refractivity contribution < 1.29 is 9.53 Å². The molecule has 0 saturated carbocycles. The molecule has 1 amide bonds. The predicted octanol–water partition coefficient (Wildman–Crippen LogP) is 3.10. The van der Waals surface area contributed by atoms with Gasteiger partial charge in [0.25, 0.3) is 5.91 Å². The van der Waals surface area contributed by atoms with E-state index < -0.39 is 0 Å². The van der Waals surface area contributed by atoms with E-state index in [0.717, 1.165) is 24.4 Å². The molecule has 0 aliphatic carbocycles. The van der Waals surface area contributed by atoms with Crippen LogP contribution in [0.15, 0.2) is 0 Å². The summed E-state index contributed by atoms with van der Waals surface area (Å²) in [6.07, 6.45) is 2.23. The summed E-state index contributed by atoms with van der Waals surface area (Å²) in [6.45, 7) is 9.46. The first kappa shape index (κ1) is 17.6. The highest BCUT2D eigenvalue weighted by molar-refractivity contribution is 7.19. The zero-order valence-corrected chi connectivity index (χ0v) is 14.5. The number of hydrogen-bond acceptors (Lipinski definition) is 5. The van der Waals surface area contributed by atoms with Gasteiger partial charge in [0, 0.05) is 20.1 Å². The van der Waals surface area contributed by atoms with Gasteiger partial charge in [-0.3, -0.25) is 4.79 Å².